The molecule has 0 fully saturated rings. The second-order valence-electron chi connectivity index (χ2n) is 5.81. The highest BCUT2D eigenvalue weighted by molar-refractivity contribution is 7.19. The Morgan fingerprint density at radius 2 is 2.21 bits per heavy atom. The van der Waals surface area contributed by atoms with Crippen molar-refractivity contribution in [2.24, 2.45) is 0 Å². The molecule has 0 unspecified atom stereocenters. The third kappa shape index (κ3) is 3.69. The maximum atomic E-state index is 7.53. The molecule has 3 rings (SSSR count). The molecule has 0 bridgehead atoms. The maximum absolute atomic E-state index is 7.53. The molecule has 1 aliphatic rings. The highest BCUT2D eigenvalue weighted by Gasteiger charge is 2.06. The van der Waals surface area contributed by atoms with E-state index in [4.69, 9.17) is 10.4 Å². The van der Waals surface area contributed by atoms with Gasteiger partial charge in [0, 0.05) is 22.1 Å². The molecule has 2 aromatic rings. The number of allylic oxidation sites excluding steroid dienone is 8. The van der Waals surface area contributed by atoms with E-state index in [2.05, 4.69) is 49.9 Å². The highest BCUT2D eigenvalue weighted by Crippen LogP contribution is 2.29. The highest BCUT2D eigenvalue weighted by atomic mass is 32.1. The summed E-state index contributed by atoms with van der Waals surface area (Å²) in [5.41, 5.74) is 4.50. The Labute approximate surface area is 146 Å². The van der Waals surface area contributed by atoms with Crippen LogP contribution in [0.3, 0.4) is 0 Å². The molecule has 3 heteroatoms. The van der Waals surface area contributed by atoms with Crippen molar-refractivity contribution in [2.75, 3.05) is 0 Å². The lowest BCUT2D eigenvalue weighted by atomic mass is 10.0. The summed E-state index contributed by atoms with van der Waals surface area (Å²) >= 11 is 1.61. The van der Waals surface area contributed by atoms with Gasteiger partial charge in [0.1, 0.15) is 4.83 Å². The van der Waals surface area contributed by atoms with E-state index in [0.29, 0.717) is 0 Å². The number of hydrogen-bond donors (Lipinski definition) is 1. The van der Waals surface area contributed by atoms with Crippen molar-refractivity contribution in [2.45, 2.75) is 19.8 Å². The molecule has 2 aromatic heterocycles. The van der Waals surface area contributed by atoms with Gasteiger partial charge in [0.2, 0.25) is 0 Å². The van der Waals surface area contributed by atoms with Crippen LogP contribution in [0.15, 0.2) is 66.3 Å². The lowest BCUT2D eigenvalue weighted by Crippen LogP contribution is -1.87. The van der Waals surface area contributed by atoms with Crippen LogP contribution in [0.25, 0.3) is 21.9 Å². The molecule has 0 spiro atoms. The third-order valence-electron chi connectivity index (χ3n) is 3.92. The van der Waals surface area contributed by atoms with Crippen LogP contribution in [0.2, 0.25) is 0 Å². The van der Waals surface area contributed by atoms with Gasteiger partial charge in [-0.25, -0.2) is 4.98 Å². The zero-order valence-electron chi connectivity index (χ0n) is 13.8. The van der Waals surface area contributed by atoms with Crippen LogP contribution in [0.1, 0.15) is 30.3 Å². The van der Waals surface area contributed by atoms with Crippen LogP contribution in [0.4, 0.5) is 0 Å². The molecule has 24 heavy (non-hydrogen) atoms. The van der Waals surface area contributed by atoms with E-state index in [-0.39, 0.29) is 0 Å². The van der Waals surface area contributed by atoms with Crippen molar-refractivity contribution < 1.29 is 0 Å². The molecule has 1 aliphatic carbocycles. The van der Waals surface area contributed by atoms with Gasteiger partial charge in [-0.2, -0.15) is 0 Å². The maximum Gasteiger partial charge on any atom is 0.124 e. The molecule has 2 heterocycles. The fourth-order valence-electron chi connectivity index (χ4n) is 2.68. The molecular weight excluding hydrogens is 312 g/mol. The Bertz CT molecular complexity index is 907. The molecule has 0 amide bonds. The first kappa shape index (κ1) is 16.3. The fraction of sp³-hybridized carbons (Fsp3) is 0.143. The largest absolute Gasteiger partial charge is 0.308 e. The minimum atomic E-state index is 0.859. The van der Waals surface area contributed by atoms with Crippen LogP contribution in [-0.4, -0.2) is 11.2 Å². The molecule has 0 saturated heterocycles. The van der Waals surface area contributed by atoms with Gasteiger partial charge in [-0.3, -0.25) is 0 Å². The quantitative estimate of drug-likeness (QED) is 0.514. The Hall–Kier alpha value is -2.52. The summed E-state index contributed by atoms with van der Waals surface area (Å²) < 4.78 is 0. The number of nitrogens with zero attached hydrogens (tertiary/aromatic N) is 1. The number of thiophene rings is 1. The number of rotatable bonds is 5. The lowest BCUT2D eigenvalue weighted by molar-refractivity contribution is 0.952. The van der Waals surface area contributed by atoms with Gasteiger partial charge in [0.05, 0.1) is 5.69 Å². The van der Waals surface area contributed by atoms with E-state index in [1.807, 2.05) is 12.1 Å². The monoisotopic (exact) mass is 332 g/mol. The number of fused-ring (bicyclic) bond motifs is 1. The van der Waals surface area contributed by atoms with E-state index in [1.165, 1.54) is 17.4 Å². The van der Waals surface area contributed by atoms with E-state index < -0.39 is 0 Å². The topological polar surface area (TPSA) is 36.7 Å². The van der Waals surface area contributed by atoms with E-state index >= 15 is 0 Å². The summed E-state index contributed by atoms with van der Waals surface area (Å²) in [6.07, 6.45) is 15.9. The van der Waals surface area contributed by atoms with Crippen molar-refractivity contribution in [3.63, 3.8) is 0 Å². The fourth-order valence-corrected chi connectivity index (χ4v) is 3.71. The molecule has 0 aliphatic heterocycles. The Balaban J connectivity index is 1.89. The van der Waals surface area contributed by atoms with Gasteiger partial charge < -0.3 is 5.41 Å². The van der Waals surface area contributed by atoms with Crippen LogP contribution in [0, 0.1) is 5.41 Å². The molecule has 0 radical (unpaired) electrons. The van der Waals surface area contributed by atoms with Gasteiger partial charge >= 0.3 is 0 Å². The second-order valence-corrected chi connectivity index (χ2v) is 6.84. The number of hydrogen-bond acceptors (Lipinski definition) is 3. The second kappa shape index (κ2) is 7.37. The van der Waals surface area contributed by atoms with Gasteiger partial charge in [0.15, 0.2) is 0 Å². The van der Waals surface area contributed by atoms with Crippen molar-refractivity contribution in [3.8, 4) is 0 Å². The van der Waals surface area contributed by atoms with Gasteiger partial charge in [-0.05, 0) is 49.6 Å². The lowest BCUT2D eigenvalue weighted by Gasteiger charge is -2.06. The Kier molecular flexibility index (Phi) is 5.02. The van der Waals surface area contributed by atoms with Gasteiger partial charge in [-0.15, -0.1) is 11.3 Å². The van der Waals surface area contributed by atoms with Crippen molar-refractivity contribution in [1.82, 2.24) is 4.98 Å². The Morgan fingerprint density at radius 1 is 1.33 bits per heavy atom. The molecule has 1 N–H and O–H groups in total. The van der Waals surface area contributed by atoms with E-state index in [0.717, 1.165) is 39.2 Å². The number of nitrogens with one attached hydrogen (secondary N) is 1. The first-order chi connectivity index (χ1) is 11.7. The molecule has 120 valence electrons. The summed E-state index contributed by atoms with van der Waals surface area (Å²) in [5, 5.41) is 8.64. The summed E-state index contributed by atoms with van der Waals surface area (Å²) in [7, 11) is 0. The third-order valence-corrected chi connectivity index (χ3v) is 5.01. The minimum absolute atomic E-state index is 0.859. The summed E-state index contributed by atoms with van der Waals surface area (Å²) in [6.45, 7) is 5.88. The predicted molar refractivity (Wildman–Crippen MR) is 107 cm³/mol. The molecule has 0 saturated carbocycles. The predicted octanol–water partition coefficient (Wildman–Crippen LogP) is 6.19. The zero-order chi connectivity index (χ0) is 16.9. The molecule has 0 aromatic carbocycles. The molecule has 2 nitrogen and oxygen atoms in total. The minimum Gasteiger partial charge on any atom is -0.308 e. The SMILES string of the molecule is C=C/C=C(\C=N)c1cc2ccc(/C=C/C3=CCCC(C)=C3)nc2s1. The summed E-state index contributed by atoms with van der Waals surface area (Å²) in [4.78, 5) is 6.77. The summed E-state index contributed by atoms with van der Waals surface area (Å²) in [6, 6.07) is 6.21. The Morgan fingerprint density at radius 3 is 2.96 bits per heavy atom. The zero-order valence-corrected chi connectivity index (χ0v) is 14.6. The van der Waals surface area contributed by atoms with Crippen LogP contribution in [-0.2, 0) is 0 Å². The standard InChI is InChI=1S/C21H20N2S/c1-3-5-18(14-22)20-13-17-9-11-19(23-21(17)24-20)10-8-16-7-4-6-15(2)12-16/h3,5,7-14,22H,1,4,6H2,2H3/b10-8+,18-5+,22-14?. The number of pyridine rings is 1. The number of aromatic nitrogens is 1. The smallest absolute Gasteiger partial charge is 0.124 e. The van der Waals surface area contributed by atoms with Crippen molar-refractivity contribution in [1.29, 1.82) is 5.41 Å². The molecule has 0 atom stereocenters. The molecular formula is C21H20N2S. The van der Waals surface area contributed by atoms with Crippen LogP contribution in [0.5, 0.6) is 0 Å². The van der Waals surface area contributed by atoms with Gasteiger partial charge in [0.25, 0.3) is 0 Å². The first-order valence-electron chi connectivity index (χ1n) is 7.99. The first-order valence-corrected chi connectivity index (χ1v) is 8.81. The van der Waals surface area contributed by atoms with Crippen LogP contribution >= 0.6 is 11.3 Å². The van der Waals surface area contributed by atoms with Crippen molar-refractivity contribution in [3.05, 3.63) is 76.9 Å². The average molecular weight is 332 g/mol. The van der Waals surface area contributed by atoms with Crippen molar-refractivity contribution >= 4 is 39.4 Å². The van der Waals surface area contributed by atoms with Crippen LogP contribution < -0.4 is 0 Å². The summed E-state index contributed by atoms with van der Waals surface area (Å²) in [5.74, 6) is 0. The van der Waals surface area contributed by atoms with Gasteiger partial charge in [-0.1, -0.05) is 42.5 Å². The van der Waals surface area contributed by atoms with E-state index in [9.17, 15) is 0 Å². The van der Waals surface area contributed by atoms with E-state index in [1.54, 1.807) is 17.4 Å². The average Bonchev–Trinajstić information content (AvgIpc) is 3.01. The normalized spacial score (nSPS) is 15.5.